The van der Waals surface area contributed by atoms with E-state index >= 15 is 0 Å². The first-order valence-electron chi connectivity index (χ1n) is 5.92. The van der Waals surface area contributed by atoms with Gasteiger partial charge in [-0.25, -0.2) is 0 Å². The first kappa shape index (κ1) is 13.0. The van der Waals surface area contributed by atoms with E-state index < -0.39 is 0 Å². The molecule has 0 aromatic carbocycles. The molecular formula is C11H18BrN3O2. The van der Waals surface area contributed by atoms with E-state index in [1.807, 2.05) is 4.68 Å². The minimum atomic E-state index is -0.179. The first-order chi connectivity index (χ1) is 8.22. The molecule has 0 bridgehead atoms. The number of aromatic nitrogens is 2. The highest BCUT2D eigenvalue weighted by molar-refractivity contribution is 9.10. The van der Waals surface area contributed by atoms with Crippen molar-refractivity contribution in [2.45, 2.75) is 38.6 Å². The summed E-state index contributed by atoms with van der Waals surface area (Å²) in [5.41, 5.74) is 7.22. The molecule has 0 radical (unpaired) electrons. The van der Waals surface area contributed by atoms with Gasteiger partial charge in [-0.05, 0) is 22.4 Å². The summed E-state index contributed by atoms with van der Waals surface area (Å²) in [5.74, 6) is 0. The highest BCUT2D eigenvalue weighted by atomic mass is 79.9. The van der Waals surface area contributed by atoms with Crippen LogP contribution in [0, 0.1) is 0 Å². The summed E-state index contributed by atoms with van der Waals surface area (Å²) in [4.78, 5) is 0. The predicted octanol–water partition coefficient (Wildman–Crippen LogP) is 1.82. The summed E-state index contributed by atoms with van der Waals surface area (Å²) < 4.78 is 13.7. The molecule has 0 spiro atoms. The maximum absolute atomic E-state index is 6.20. The van der Waals surface area contributed by atoms with Gasteiger partial charge in [0.1, 0.15) is 0 Å². The molecule has 6 heteroatoms. The van der Waals surface area contributed by atoms with Crippen molar-refractivity contribution in [3.05, 3.63) is 16.4 Å². The van der Waals surface area contributed by atoms with Crippen molar-refractivity contribution in [1.29, 1.82) is 0 Å². The summed E-state index contributed by atoms with van der Waals surface area (Å²) in [7, 11) is 0. The lowest BCUT2D eigenvalue weighted by molar-refractivity contribution is -0.0512. The third-order valence-electron chi connectivity index (χ3n) is 2.76. The van der Waals surface area contributed by atoms with E-state index in [2.05, 4.69) is 28.0 Å². The number of nitrogens with two attached hydrogens (primary N) is 1. The Morgan fingerprint density at radius 1 is 1.59 bits per heavy atom. The minimum absolute atomic E-state index is 0.124. The van der Waals surface area contributed by atoms with Crippen molar-refractivity contribution < 1.29 is 9.47 Å². The molecule has 1 unspecified atom stereocenters. The van der Waals surface area contributed by atoms with Gasteiger partial charge in [0.15, 0.2) is 6.29 Å². The number of ether oxygens (including phenoxy) is 2. The monoisotopic (exact) mass is 303 g/mol. The van der Waals surface area contributed by atoms with Crippen LogP contribution in [0.2, 0.25) is 0 Å². The third-order valence-corrected chi connectivity index (χ3v) is 3.37. The fourth-order valence-corrected chi connectivity index (χ4v) is 2.58. The van der Waals surface area contributed by atoms with Crippen molar-refractivity contribution in [3.63, 3.8) is 0 Å². The molecule has 17 heavy (non-hydrogen) atoms. The van der Waals surface area contributed by atoms with Crippen LogP contribution in [0.4, 0.5) is 0 Å². The van der Waals surface area contributed by atoms with Gasteiger partial charge >= 0.3 is 0 Å². The van der Waals surface area contributed by atoms with Crippen LogP contribution >= 0.6 is 15.9 Å². The Bertz CT molecular complexity index is 364. The van der Waals surface area contributed by atoms with E-state index in [1.165, 1.54) is 0 Å². The van der Waals surface area contributed by atoms with Gasteiger partial charge in [-0.2, -0.15) is 5.10 Å². The Labute approximate surface area is 109 Å². The number of hydrogen-bond acceptors (Lipinski definition) is 4. The number of aryl methyl sites for hydroxylation is 1. The predicted molar refractivity (Wildman–Crippen MR) is 67.5 cm³/mol. The number of rotatable bonds is 5. The summed E-state index contributed by atoms with van der Waals surface area (Å²) in [5, 5.41) is 4.31. The topological polar surface area (TPSA) is 62.3 Å². The summed E-state index contributed by atoms with van der Waals surface area (Å²) in [6, 6.07) is -0.124. The number of hydrogen-bond donors (Lipinski definition) is 1. The highest BCUT2D eigenvalue weighted by Crippen LogP contribution is 2.26. The zero-order valence-electron chi connectivity index (χ0n) is 9.93. The van der Waals surface area contributed by atoms with Gasteiger partial charge in [0.05, 0.1) is 35.6 Å². The van der Waals surface area contributed by atoms with Gasteiger partial charge < -0.3 is 15.2 Å². The smallest absolute Gasteiger partial charge is 0.159 e. The molecule has 1 atom stereocenters. The standard InChI is InChI=1S/C11H18BrN3O2/c1-2-3-15-11(8(12)7-14-15)9(13)6-10-16-4-5-17-10/h7,9-10H,2-6,13H2,1H3. The Morgan fingerprint density at radius 3 is 2.94 bits per heavy atom. The second-order valence-electron chi connectivity index (χ2n) is 4.11. The Balaban J connectivity index is 2.05. The quantitative estimate of drug-likeness (QED) is 0.901. The van der Waals surface area contributed by atoms with Gasteiger partial charge in [0.25, 0.3) is 0 Å². The van der Waals surface area contributed by atoms with Crippen LogP contribution in [-0.2, 0) is 16.0 Å². The molecule has 1 aromatic heterocycles. The molecule has 0 saturated carbocycles. The molecular weight excluding hydrogens is 286 g/mol. The van der Waals surface area contributed by atoms with Gasteiger partial charge in [-0.3, -0.25) is 4.68 Å². The average Bonchev–Trinajstić information content (AvgIpc) is 2.89. The SMILES string of the molecule is CCCn1ncc(Br)c1C(N)CC1OCCO1. The molecule has 1 aliphatic rings. The largest absolute Gasteiger partial charge is 0.350 e. The van der Waals surface area contributed by atoms with Crippen molar-refractivity contribution in [2.75, 3.05) is 13.2 Å². The normalized spacial score (nSPS) is 18.8. The Kier molecular flexibility index (Phi) is 4.55. The highest BCUT2D eigenvalue weighted by Gasteiger charge is 2.24. The van der Waals surface area contributed by atoms with Crippen molar-refractivity contribution in [1.82, 2.24) is 9.78 Å². The molecule has 96 valence electrons. The summed E-state index contributed by atoms with van der Waals surface area (Å²) in [6.45, 7) is 4.31. The van der Waals surface area contributed by atoms with Crippen molar-refractivity contribution in [2.24, 2.45) is 5.73 Å². The molecule has 2 rings (SSSR count). The van der Waals surface area contributed by atoms with Gasteiger partial charge in [0.2, 0.25) is 0 Å². The Hall–Kier alpha value is -0.430. The molecule has 2 N–H and O–H groups in total. The molecule has 0 amide bonds. The summed E-state index contributed by atoms with van der Waals surface area (Å²) in [6.07, 6.45) is 3.31. The molecule has 5 nitrogen and oxygen atoms in total. The number of halogens is 1. The van der Waals surface area contributed by atoms with Crippen LogP contribution in [0.15, 0.2) is 10.7 Å². The second kappa shape index (κ2) is 5.95. The fraction of sp³-hybridized carbons (Fsp3) is 0.727. The van der Waals surface area contributed by atoms with Gasteiger partial charge in [-0.1, -0.05) is 6.92 Å². The molecule has 2 heterocycles. The van der Waals surface area contributed by atoms with Crippen molar-refractivity contribution in [3.8, 4) is 0 Å². The van der Waals surface area contributed by atoms with Crippen LogP contribution in [0.5, 0.6) is 0 Å². The van der Waals surface area contributed by atoms with E-state index in [4.69, 9.17) is 15.2 Å². The lowest BCUT2D eigenvalue weighted by Gasteiger charge is -2.17. The van der Waals surface area contributed by atoms with Crippen molar-refractivity contribution >= 4 is 15.9 Å². The van der Waals surface area contributed by atoms with Crippen LogP contribution in [0.1, 0.15) is 31.5 Å². The van der Waals surface area contributed by atoms with Crippen LogP contribution < -0.4 is 5.73 Å². The lowest BCUT2D eigenvalue weighted by Crippen LogP contribution is -2.23. The van der Waals surface area contributed by atoms with E-state index in [0.29, 0.717) is 19.6 Å². The van der Waals surface area contributed by atoms with E-state index in [9.17, 15) is 0 Å². The average molecular weight is 304 g/mol. The Morgan fingerprint density at radius 2 is 2.29 bits per heavy atom. The van der Waals surface area contributed by atoms with Gasteiger partial charge in [-0.15, -0.1) is 0 Å². The maximum atomic E-state index is 6.20. The zero-order chi connectivity index (χ0) is 12.3. The van der Waals surface area contributed by atoms with E-state index in [0.717, 1.165) is 23.1 Å². The van der Waals surface area contributed by atoms with Crippen LogP contribution in [-0.4, -0.2) is 29.3 Å². The second-order valence-corrected chi connectivity index (χ2v) is 4.97. The van der Waals surface area contributed by atoms with E-state index in [1.54, 1.807) is 6.20 Å². The number of nitrogens with zero attached hydrogens (tertiary/aromatic N) is 2. The first-order valence-corrected chi connectivity index (χ1v) is 6.71. The lowest BCUT2D eigenvalue weighted by atomic mass is 10.1. The molecule has 1 fully saturated rings. The van der Waals surface area contributed by atoms with Gasteiger partial charge in [0, 0.05) is 13.0 Å². The third kappa shape index (κ3) is 3.07. The van der Waals surface area contributed by atoms with Crippen LogP contribution in [0.25, 0.3) is 0 Å². The maximum Gasteiger partial charge on any atom is 0.159 e. The minimum Gasteiger partial charge on any atom is -0.350 e. The van der Waals surface area contributed by atoms with Crippen LogP contribution in [0.3, 0.4) is 0 Å². The summed E-state index contributed by atoms with van der Waals surface area (Å²) >= 11 is 3.49. The molecule has 0 aliphatic carbocycles. The van der Waals surface area contributed by atoms with E-state index in [-0.39, 0.29) is 12.3 Å². The molecule has 1 saturated heterocycles. The zero-order valence-corrected chi connectivity index (χ0v) is 11.5. The fourth-order valence-electron chi connectivity index (χ4n) is 1.99. The molecule has 1 aliphatic heterocycles. The molecule has 1 aromatic rings.